The van der Waals surface area contributed by atoms with Gasteiger partial charge in [0.05, 0.1) is 0 Å². The average Bonchev–Trinajstić information content (AvgIpc) is 2.10. The van der Waals surface area contributed by atoms with E-state index in [1.807, 2.05) is 19.2 Å². The quantitative estimate of drug-likeness (QED) is 0.587. The van der Waals surface area contributed by atoms with Crippen molar-refractivity contribution in [2.24, 2.45) is 0 Å². The molecule has 0 aliphatic rings. The molecule has 0 fully saturated rings. The smallest absolute Gasteiger partial charge is 0.0141 e. The van der Waals surface area contributed by atoms with E-state index in [0.717, 1.165) is 13.1 Å². The van der Waals surface area contributed by atoms with Crippen LogP contribution in [0, 0.1) is 0 Å². The van der Waals surface area contributed by atoms with Crippen LogP contribution < -0.4 is 5.32 Å². The highest BCUT2D eigenvalue weighted by molar-refractivity contribution is 4.73. The Kier molecular flexibility index (Phi) is 8.24. The van der Waals surface area contributed by atoms with Crippen molar-refractivity contribution in [3.63, 3.8) is 0 Å². The summed E-state index contributed by atoms with van der Waals surface area (Å²) in [5.41, 5.74) is 0. The molecule has 0 aromatic heterocycles. The molecule has 0 unspecified atom stereocenters. The number of hydrogen-bond acceptors (Lipinski definition) is 2. The van der Waals surface area contributed by atoms with Crippen LogP contribution in [0.4, 0.5) is 0 Å². The number of hydrogen-bond donors (Lipinski definition) is 1. The first-order valence-corrected chi connectivity index (χ1v) is 4.84. The average molecular weight is 170 g/mol. The van der Waals surface area contributed by atoms with Gasteiger partial charge in [0.2, 0.25) is 0 Å². The first kappa shape index (κ1) is 11.5. The van der Waals surface area contributed by atoms with Crippen molar-refractivity contribution in [1.82, 2.24) is 10.2 Å². The van der Waals surface area contributed by atoms with Gasteiger partial charge in [-0.15, -0.1) is 0 Å². The lowest BCUT2D eigenvalue weighted by Crippen LogP contribution is -2.19. The number of unbranched alkanes of at least 4 members (excludes halogenated alkanes) is 1. The van der Waals surface area contributed by atoms with Crippen molar-refractivity contribution >= 4 is 0 Å². The molecular weight excluding hydrogens is 148 g/mol. The Morgan fingerprint density at radius 1 is 1.33 bits per heavy atom. The second kappa shape index (κ2) is 8.60. The zero-order chi connectivity index (χ0) is 9.23. The molecule has 0 radical (unpaired) electrons. The zero-order valence-electron chi connectivity index (χ0n) is 8.64. The highest BCUT2D eigenvalue weighted by Gasteiger charge is 1.92. The van der Waals surface area contributed by atoms with Gasteiger partial charge < -0.3 is 10.2 Å². The van der Waals surface area contributed by atoms with E-state index < -0.39 is 0 Å². The Bertz CT molecular complexity index is 110. The molecular formula is C10H22N2. The Labute approximate surface area is 76.6 Å². The lowest BCUT2D eigenvalue weighted by atomic mass is 10.3. The van der Waals surface area contributed by atoms with Crippen molar-refractivity contribution in [2.75, 3.05) is 26.7 Å². The second-order valence-electron chi connectivity index (χ2n) is 3.06. The van der Waals surface area contributed by atoms with E-state index in [1.54, 1.807) is 0 Å². The fourth-order valence-electron chi connectivity index (χ4n) is 0.968. The maximum absolute atomic E-state index is 3.23. The fourth-order valence-corrected chi connectivity index (χ4v) is 0.968. The highest BCUT2D eigenvalue weighted by Crippen LogP contribution is 1.90. The number of allylic oxidation sites excluding steroid dienone is 1. The molecule has 1 N–H and O–H groups in total. The fraction of sp³-hybridized carbons (Fsp3) is 0.800. The summed E-state index contributed by atoms with van der Waals surface area (Å²) in [6.45, 7) is 7.69. The number of rotatable bonds is 7. The van der Waals surface area contributed by atoms with Crippen LogP contribution in [-0.4, -0.2) is 31.6 Å². The van der Waals surface area contributed by atoms with Crippen LogP contribution in [0.15, 0.2) is 12.3 Å². The molecule has 12 heavy (non-hydrogen) atoms. The molecule has 0 saturated carbocycles. The largest absolute Gasteiger partial charge is 0.391 e. The van der Waals surface area contributed by atoms with Crippen molar-refractivity contribution in [1.29, 1.82) is 0 Å². The molecule has 0 aliphatic carbocycles. The predicted molar refractivity (Wildman–Crippen MR) is 55.2 cm³/mol. The standard InChI is InChI=1S/C10H22N2/c1-4-8-11-9-6-7-10-12(3)5-2/h4,8,11H,5-7,9-10H2,1-3H3/b8-4+. The minimum atomic E-state index is 1.10. The first-order valence-electron chi connectivity index (χ1n) is 4.84. The third kappa shape index (κ3) is 7.61. The molecule has 0 aromatic carbocycles. The molecule has 0 saturated heterocycles. The van der Waals surface area contributed by atoms with Crippen LogP contribution in [0.2, 0.25) is 0 Å². The Morgan fingerprint density at radius 3 is 2.67 bits per heavy atom. The van der Waals surface area contributed by atoms with Gasteiger partial charge in [0.15, 0.2) is 0 Å². The summed E-state index contributed by atoms with van der Waals surface area (Å²) in [5, 5.41) is 3.23. The molecule has 0 bridgehead atoms. The van der Waals surface area contributed by atoms with Crippen molar-refractivity contribution in [3.05, 3.63) is 12.3 Å². The van der Waals surface area contributed by atoms with Gasteiger partial charge in [0.25, 0.3) is 0 Å². The lowest BCUT2D eigenvalue weighted by Gasteiger charge is -2.12. The van der Waals surface area contributed by atoms with E-state index in [0.29, 0.717) is 0 Å². The first-order chi connectivity index (χ1) is 5.81. The topological polar surface area (TPSA) is 15.3 Å². The van der Waals surface area contributed by atoms with E-state index in [1.165, 1.54) is 19.4 Å². The van der Waals surface area contributed by atoms with Crippen LogP contribution in [-0.2, 0) is 0 Å². The molecule has 0 heterocycles. The van der Waals surface area contributed by atoms with Gasteiger partial charge in [-0.25, -0.2) is 0 Å². The highest BCUT2D eigenvalue weighted by atomic mass is 15.1. The monoisotopic (exact) mass is 170 g/mol. The molecule has 0 rings (SSSR count). The van der Waals surface area contributed by atoms with E-state index >= 15 is 0 Å². The molecule has 0 aliphatic heterocycles. The molecule has 2 heteroatoms. The van der Waals surface area contributed by atoms with Gasteiger partial charge in [-0.2, -0.15) is 0 Å². The maximum atomic E-state index is 3.23. The minimum Gasteiger partial charge on any atom is -0.391 e. The van der Waals surface area contributed by atoms with Crippen molar-refractivity contribution < 1.29 is 0 Å². The van der Waals surface area contributed by atoms with E-state index in [4.69, 9.17) is 0 Å². The van der Waals surface area contributed by atoms with Crippen molar-refractivity contribution in [2.45, 2.75) is 26.7 Å². The van der Waals surface area contributed by atoms with Crippen LogP contribution in [0.25, 0.3) is 0 Å². The van der Waals surface area contributed by atoms with Crippen molar-refractivity contribution in [3.8, 4) is 0 Å². The van der Waals surface area contributed by atoms with Crippen LogP contribution in [0.1, 0.15) is 26.7 Å². The summed E-state index contributed by atoms with van der Waals surface area (Å²) in [6, 6.07) is 0. The normalized spacial score (nSPS) is 11.3. The Morgan fingerprint density at radius 2 is 2.08 bits per heavy atom. The van der Waals surface area contributed by atoms with Gasteiger partial charge in [-0.3, -0.25) is 0 Å². The van der Waals surface area contributed by atoms with E-state index in [2.05, 4.69) is 24.2 Å². The third-order valence-corrected chi connectivity index (χ3v) is 1.94. The molecule has 0 amide bonds. The maximum Gasteiger partial charge on any atom is 0.0141 e. The summed E-state index contributed by atoms with van der Waals surface area (Å²) in [6.07, 6.45) is 6.57. The number of nitrogens with one attached hydrogen (secondary N) is 1. The number of nitrogens with zero attached hydrogens (tertiary/aromatic N) is 1. The summed E-state index contributed by atoms with van der Waals surface area (Å²) in [5.74, 6) is 0. The predicted octanol–water partition coefficient (Wildman–Crippen LogP) is 1.84. The molecule has 0 aromatic rings. The van der Waals surface area contributed by atoms with Gasteiger partial charge in [-0.1, -0.05) is 13.0 Å². The molecule has 0 spiro atoms. The second-order valence-corrected chi connectivity index (χ2v) is 3.06. The Hall–Kier alpha value is -0.500. The van der Waals surface area contributed by atoms with Gasteiger partial charge in [0.1, 0.15) is 0 Å². The van der Waals surface area contributed by atoms with Crippen LogP contribution in [0.3, 0.4) is 0 Å². The van der Waals surface area contributed by atoms with E-state index in [-0.39, 0.29) is 0 Å². The van der Waals surface area contributed by atoms with Gasteiger partial charge >= 0.3 is 0 Å². The summed E-state index contributed by atoms with van der Waals surface area (Å²) in [4.78, 5) is 2.34. The van der Waals surface area contributed by atoms with Gasteiger partial charge in [0, 0.05) is 6.54 Å². The Balaban J connectivity index is 3.00. The lowest BCUT2D eigenvalue weighted by molar-refractivity contribution is 0.343. The summed E-state index contributed by atoms with van der Waals surface area (Å²) in [7, 11) is 2.17. The summed E-state index contributed by atoms with van der Waals surface area (Å²) < 4.78 is 0. The van der Waals surface area contributed by atoms with E-state index in [9.17, 15) is 0 Å². The minimum absolute atomic E-state index is 1.10. The third-order valence-electron chi connectivity index (χ3n) is 1.94. The molecule has 2 nitrogen and oxygen atoms in total. The molecule has 0 atom stereocenters. The SMILES string of the molecule is C/C=C/NCCCCN(C)CC. The zero-order valence-corrected chi connectivity index (χ0v) is 8.64. The molecule has 72 valence electrons. The van der Waals surface area contributed by atoms with Crippen LogP contribution >= 0.6 is 0 Å². The van der Waals surface area contributed by atoms with Gasteiger partial charge in [-0.05, 0) is 46.1 Å². The summed E-state index contributed by atoms with van der Waals surface area (Å²) >= 11 is 0. The van der Waals surface area contributed by atoms with Crippen LogP contribution in [0.5, 0.6) is 0 Å².